The van der Waals surface area contributed by atoms with Crippen LogP contribution in [0.5, 0.6) is 0 Å². The third-order valence-electron chi connectivity index (χ3n) is 4.38. The molecule has 1 aliphatic rings. The van der Waals surface area contributed by atoms with E-state index in [0.29, 0.717) is 16.6 Å². The second-order valence-corrected chi connectivity index (χ2v) is 7.09. The molecule has 24 heavy (non-hydrogen) atoms. The highest BCUT2D eigenvalue weighted by Crippen LogP contribution is 2.27. The number of anilines is 1. The minimum atomic E-state index is -0.534. The van der Waals surface area contributed by atoms with E-state index in [2.05, 4.69) is 21.4 Å². The van der Waals surface area contributed by atoms with Crippen LogP contribution < -0.4 is 11.1 Å². The Morgan fingerprint density at radius 2 is 2.12 bits per heavy atom. The second-order valence-electron chi connectivity index (χ2n) is 6.17. The molecule has 0 spiro atoms. The van der Waals surface area contributed by atoms with Crippen LogP contribution in [0.1, 0.15) is 34.7 Å². The molecule has 128 valence electrons. The predicted octanol–water partition coefficient (Wildman–Crippen LogP) is 1.54. The zero-order valence-corrected chi connectivity index (χ0v) is 14.8. The standard InChI is InChI=1S/C16H21N5O2S/c1-9-6-10(2)21(19-9)12-7-20(8-12)11(3)15(23)18-16-13(14(17)22)4-5-24-16/h4-6,11-12H,7-8H2,1-3H3,(H2,17,22)(H,18,23). The normalized spacial score (nSPS) is 16.6. The summed E-state index contributed by atoms with van der Waals surface area (Å²) >= 11 is 1.30. The number of nitrogens with zero attached hydrogens (tertiary/aromatic N) is 3. The summed E-state index contributed by atoms with van der Waals surface area (Å²) in [6.07, 6.45) is 0. The summed E-state index contributed by atoms with van der Waals surface area (Å²) in [4.78, 5) is 25.8. The van der Waals surface area contributed by atoms with Crippen molar-refractivity contribution in [2.45, 2.75) is 32.9 Å². The van der Waals surface area contributed by atoms with Crippen LogP contribution in [0.15, 0.2) is 17.5 Å². The van der Waals surface area contributed by atoms with Crippen molar-refractivity contribution in [1.82, 2.24) is 14.7 Å². The van der Waals surface area contributed by atoms with Crippen molar-refractivity contribution in [1.29, 1.82) is 0 Å². The first-order valence-corrected chi connectivity index (χ1v) is 8.69. The number of likely N-dealkylation sites (tertiary alicyclic amines) is 1. The van der Waals surface area contributed by atoms with Crippen molar-refractivity contribution in [3.05, 3.63) is 34.5 Å². The van der Waals surface area contributed by atoms with Crippen molar-refractivity contribution >= 4 is 28.2 Å². The van der Waals surface area contributed by atoms with Gasteiger partial charge in [0.15, 0.2) is 0 Å². The Bertz CT molecular complexity index is 775. The molecule has 1 unspecified atom stereocenters. The first kappa shape index (κ1) is 16.7. The van der Waals surface area contributed by atoms with E-state index in [4.69, 9.17) is 5.73 Å². The molecular formula is C16H21N5O2S. The minimum absolute atomic E-state index is 0.133. The Morgan fingerprint density at radius 3 is 2.71 bits per heavy atom. The maximum atomic E-state index is 12.4. The minimum Gasteiger partial charge on any atom is -0.366 e. The fourth-order valence-corrected chi connectivity index (χ4v) is 3.75. The van der Waals surface area contributed by atoms with Crippen molar-refractivity contribution in [2.75, 3.05) is 18.4 Å². The zero-order valence-electron chi connectivity index (χ0n) is 13.9. The largest absolute Gasteiger partial charge is 0.366 e. The highest BCUT2D eigenvalue weighted by molar-refractivity contribution is 7.14. The van der Waals surface area contributed by atoms with Crippen LogP contribution in [0.4, 0.5) is 5.00 Å². The molecule has 0 aromatic carbocycles. The first-order chi connectivity index (χ1) is 11.4. The molecule has 3 heterocycles. The van der Waals surface area contributed by atoms with Gasteiger partial charge in [-0.1, -0.05) is 0 Å². The molecule has 2 aromatic rings. The number of hydrogen-bond donors (Lipinski definition) is 2. The van der Waals surface area contributed by atoms with Gasteiger partial charge in [0.25, 0.3) is 5.91 Å². The molecule has 0 saturated carbocycles. The van der Waals surface area contributed by atoms with E-state index in [1.54, 1.807) is 11.4 Å². The van der Waals surface area contributed by atoms with E-state index >= 15 is 0 Å². The number of hydrogen-bond acceptors (Lipinski definition) is 5. The highest BCUT2D eigenvalue weighted by Gasteiger charge is 2.35. The van der Waals surface area contributed by atoms with Crippen molar-refractivity contribution in [2.24, 2.45) is 5.73 Å². The summed E-state index contributed by atoms with van der Waals surface area (Å²) < 4.78 is 2.03. The molecule has 0 bridgehead atoms. The number of thiophene rings is 1. The van der Waals surface area contributed by atoms with Crippen LogP contribution in [0.25, 0.3) is 0 Å². The number of rotatable bonds is 5. The zero-order chi connectivity index (χ0) is 17.4. The quantitative estimate of drug-likeness (QED) is 0.858. The number of primary amides is 1. The number of aryl methyl sites for hydroxylation is 2. The Balaban J connectivity index is 1.59. The molecule has 1 aliphatic heterocycles. The average Bonchev–Trinajstić information content (AvgIpc) is 3.04. The molecule has 7 nitrogen and oxygen atoms in total. The fraction of sp³-hybridized carbons (Fsp3) is 0.438. The van der Waals surface area contributed by atoms with Gasteiger partial charge in [0.2, 0.25) is 5.91 Å². The molecule has 2 amide bonds. The second kappa shape index (κ2) is 6.37. The Morgan fingerprint density at radius 1 is 1.42 bits per heavy atom. The molecule has 8 heteroatoms. The molecule has 3 N–H and O–H groups in total. The molecule has 1 saturated heterocycles. The maximum absolute atomic E-state index is 12.4. The van der Waals surface area contributed by atoms with Crippen molar-refractivity contribution in [3.63, 3.8) is 0 Å². The summed E-state index contributed by atoms with van der Waals surface area (Å²) in [7, 11) is 0. The van der Waals surface area contributed by atoms with E-state index in [1.165, 1.54) is 11.3 Å². The topological polar surface area (TPSA) is 93.3 Å². The van der Waals surface area contributed by atoms with Gasteiger partial charge in [0, 0.05) is 18.8 Å². The summed E-state index contributed by atoms with van der Waals surface area (Å²) in [5, 5.41) is 9.56. The Hall–Kier alpha value is -2.19. The summed E-state index contributed by atoms with van der Waals surface area (Å²) in [5.41, 5.74) is 7.80. The van der Waals surface area contributed by atoms with E-state index in [9.17, 15) is 9.59 Å². The number of nitrogens with two attached hydrogens (primary N) is 1. The number of carbonyl (C=O) groups is 2. The van der Waals surface area contributed by atoms with Gasteiger partial charge in [-0.2, -0.15) is 5.10 Å². The van der Waals surface area contributed by atoms with E-state index in [-0.39, 0.29) is 11.9 Å². The lowest BCUT2D eigenvalue weighted by atomic mass is 10.1. The van der Waals surface area contributed by atoms with Gasteiger partial charge in [0.05, 0.1) is 23.3 Å². The predicted molar refractivity (Wildman–Crippen MR) is 93.2 cm³/mol. The number of amides is 2. The van der Waals surface area contributed by atoms with Gasteiger partial charge in [-0.25, -0.2) is 0 Å². The summed E-state index contributed by atoms with van der Waals surface area (Å²) in [5.74, 6) is -0.667. The lowest BCUT2D eigenvalue weighted by Gasteiger charge is -2.42. The first-order valence-electron chi connectivity index (χ1n) is 7.81. The van der Waals surface area contributed by atoms with Crippen molar-refractivity contribution in [3.8, 4) is 0 Å². The molecule has 2 aromatic heterocycles. The maximum Gasteiger partial charge on any atom is 0.251 e. The Kier molecular flexibility index (Phi) is 4.42. The number of nitrogens with one attached hydrogen (secondary N) is 1. The SMILES string of the molecule is Cc1cc(C)n(C2CN(C(C)C(=O)Nc3sccc3C(N)=O)C2)n1. The van der Waals surface area contributed by atoms with Crippen LogP contribution in [-0.4, -0.2) is 45.6 Å². The van der Waals surface area contributed by atoms with Gasteiger partial charge in [-0.3, -0.25) is 19.2 Å². The van der Waals surface area contributed by atoms with Crippen LogP contribution in [0.2, 0.25) is 0 Å². The average molecular weight is 347 g/mol. The molecular weight excluding hydrogens is 326 g/mol. The van der Waals surface area contributed by atoms with Gasteiger partial charge < -0.3 is 11.1 Å². The van der Waals surface area contributed by atoms with Crippen LogP contribution >= 0.6 is 11.3 Å². The molecule has 1 atom stereocenters. The molecule has 0 aliphatic carbocycles. The number of carbonyl (C=O) groups excluding carboxylic acids is 2. The van der Waals surface area contributed by atoms with Gasteiger partial charge in [0.1, 0.15) is 5.00 Å². The van der Waals surface area contributed by atoms with Gasteiger partial charge >= 0.3 is 0 Å². The van der Waals surface area contributed by atoms with Crippen LogP contribution in [-0.2, 0) is 4.79 Å². The highest BCUT2D eigenvalue weighted by atomic mass is 32.1. The van der Waals surface area contributed by atoms with E-state index < -0.39 is 5.91 Å². The summed E-state index contributed by atoms with van der Waals surface area (Å²) in [6.45, 7) is 7.45. The van der Waals surface area contributed by atoms with Gasteiger partial charge in [-0.05, 0) is 38.3 Å². The van der Waals surface area contributed by atoms with E-state index in [0.717, 1.165) is 24.5 Å². The smallest absolute Gasteiger partial charge is 0.251 e. The monoisotopic (exact) mass is 347 g/mol. The van der Waals surface area contributed by atoms with Crippen LogP contribution in [0, 0.1) is 13.8 Å². The molecule has 3 rings (SSSR count). The van der Waals surface area contributed by atoms with E-state index in [1.807, 2.05) is 25.5 Å². The fourth-order valence-electron chi connectivity index (χ4n) is 2.96. The lowest BCUT2D eigenvalue weighted by molar-refractivity contribution is -0.123. The molecule has 1 fully saturated rings. The van der Waals surface area contributed by atoms with Crippen LogP contribution in [0.3, 0.4) is 0 Å². The summed E-state index contributed by atoms with van der Waals surface area (Å²) in [6, 6.07) is 3.70. The third kappa shape index (κ3) is 3.07. The lowest BCUT2D eigenvalue weighted by Crippen LogP contribution is -2.55. The Labute approximate surface area is 144 Å². The number of aromatic nitrogens is 2. The molecule has 0 radical (unpaired) electrons. The van der Waals surface area contributed by atoms with Crippen molar-refractivity contribution < 1.29 is 9.59 Å². The van der Waals surface area contributed by atoms with Gasteiger partial charge in [-0.15, -0.1) is 11.3 Å². The third-order valence-corrected chi connectivity index (χ3v) is 5.21.